The summed E-state index contributed by atoms with van der Waals surface area (Å²) in [6, 6.07) is 14.3. The number of nitrogens with two attached hydrogens (primary N) is 1. The lowest BCUT2D eigenvalue weighted by Crippen LogP contribution is -2.20. The van der Waals surface area contributed by atoms with Gasteiger partial charge in [-0.3, -0.25) is 4.98 Å². The van der Waals surface area contributed by atoms with Crippen LogP contribution >= 0.6 is 0 Å². The van der Waals surface area contributed by atoms with Gasteiger partial charge in [0.2, 0.25) is 0 Å². The van der Waals surface area contributed by atoms with Crippen molar-refractivity contribution in [1.29, 1.82) is 0 Å². The van der Waals surface area contributed by atoms with Crippen LogP contribution in [0.15, 0.2) is 48.7 Å². The summed E-state index contributed by atoms with van der Waals surface area (Å²) in [5.41, 5.74) is 8.99. The minimum absolute atomic E-state index is 0.182. The smallest absolute Gasteiger partial charge is 0.0962 e. The molecule has 1 aliphatic rings. The Morgan fingerprint density at radius 2 is 1.52 bits per heavy atom. The van der Waals surface area contributed by atoms with Crippen molar-refractivity contribution in [3.05, 3.63) is 54.4 Å². The molecule has 0 aliphatic carbocycles. The summed E-state index contributed by atoms with van der Waals surface area (Å²) >= 11 is 0. The van der Waals surface area contributed by atoms with E-state index >= 15 is 0 Å². The van der Waals surface area contributed by atoms with Crippen LogP contribution in [-0.4, -0.2) is 17.7 Å². The number of nitrogens with one attached hydrogen (secondary N) is 2. The van der Waals surface area contributed by atoms with Gasteiger partial charge in [0.25, 0.3) is 0 Å². The molecular formula is C23H38N4. The molecule has 4 N–H and O–H groups in total. The molecule has 0 radical (unpaired) electrons. The van der Waals surface area contributed by atoms with Crippen LogP contribution in [0.1, 0.15) is 66.0 Å². The molecular weight excluding hydrogens is 332 g/mol. The third-order valence-electron chi connectivity index (χ3n) is 4.24. The Labute approximate surface area is 166 Å². The van der Waals surface area contributed by atoms with Gasteiger partial charge in [-0.25, -0.2) is 0 Å². The highest BCUT2D eigenvalue weighted by Crippen LogP contribution is 2.28. The predicted octanol–water partition coefficient (Wildman–Crippen LogP) is 5.77. The van der Waals surface area contributed by atoms with Crippen LogP contribution < -0.4 is 16.4 Å². The Morgan fingerprint density at radius 3 is 1.85 bits per heavy atom. The second-order valence-electron chi connectivity index (χ2n) is 7.76. The molecule has 1 aromatic heterocycles. The lowest BCUT2D eigenvalue weighted by atomic mass is 9.92. The topological polar surface area (TPSA) is 63.0 Å². The Morgan fingerprint density at radius 1 is 0.926 bits per heavy atom. The van der Waals surface area contributed by atoms with Gasteiger partial charge >= 0.3 is 0 Å². The van der Waals surface area contributed by atoms with E-state index in [0.717, 1.165) is 18.7 Å². The van der Waals surface area contributed by atoms with E-state index in [9.17, 15) is 0 Å². The SMILES string of the molecule is CC(C)(C)c1ccccn1.CCC1Nc2ccccc2N1.CCCCCN. The molecule has 150 valence electrons. The second-order valence-corrected chi connectivity index (χ2v) is 7.76. The monoisotopic (exact) mass is 370 g/mol. The molecule has 4 nitrogen and oxygen atoms in total. The van der Waals surface area contributed by atoms with Crippen LogP contribution in [0, 0.1) is 0 Å². The fraction of sp³-hybridized carbons (Fsp3) is 0.522. The van der Waals surface area contributed by atoms with Crippen molar-refractivity contribution < 1.29 is 0 Å². The average Bonchev–Trinajstić information content (AvgIpc) is 3.11. The lowest BCUT2D eigenvalue weighted by molar-refractivity contribution is 0.569. The van der Waals surface area contributed by atoms with Gasteiger partial charge in [-0.15, -0.1) is 0 Å². The molecule has 2 heterocycles. The van der Waals surface area contributed by atoms with Crippen molar-refractivity contribution >= 4 is 11.4 Å². The van der Waals surface area contributed by atoms with Crippen LogP contribution in [0.4, 0.5) is 11.4 Å². The summed E-state index contributed by atoms with van der Waals surface area (Å²) in [6.45, 7) is 11.7. The van der Waals surface area contributed by atoms with Crippen LogP contribution in [-0.2, 0) is 5.41 Å². The highest BCUT2D eigenvalue weighted by Gasteiger charge is 2.15. The third-order valence-corrected chi connectivity index (χ3v) is 4.24. The summed E-state index contributed by atoms with van der Waals surface area (Å²) in [4.78, 5) is 4.25. The summed E-state index contributed by atoms with van der Waals surface area (Å²) in [5.74, 6) is 0. The molecule has 0 atom stereocenters. The van der Waals surface area contributed by atoms with Crippen molar-refractivity contribution in [3.8, 4) is 0 Å². The highest BCUT2D eigenvalue weighted by molar-refractivity contribution is 5.73. The molecule has 1 aliphatic heterocycles. The first-order valence-electron chi connectivity index (χ1n) is 10.2. The van der Waals surface area contributed by atoms with Crippen molar-refractivity contribution in [2.45, 2.75) is 71.9 Å². The number of para-hydroxylation sites is 2. The van der Waals surface area contributed by atoms with Crippen LogP contribution in [0.2, 0.25) is 0 Å². The molecule has 1 aromatic carbocycles. The number of pyridine rings is 1. The van der Waals surface area contributed by atoms with Crippen molar-refractivity contribution in [2.75, 3.05) is 17.2 Å². The van der Waals surface area contributed by atoms with Crippen molar-refractivity contribution in [1.82, 2.24) is 4.98 Å². The first-order chi connectivity index (χ1) is 12.9. The zero-order valence-corrected chi connectivity index (χ0v) is 17.8. The first-order valence-corrected chi connectivity index (χ1v) is 10.2. The predicted molar refractivity (Wildman–Crippen MR) is 119 cm³/mol. The Hall–Kier alpha value is -2.07. The number of hydrogen-bond donors (Lipinski definition) is 3. The van der Waals surface area contributed by atoms with Gasteiger partial charge in [0.05, 0.1) is 17.5 Å². The Balaban J connectivity index is 0.000000213. The standard InChI is InChI=1S/C9H12N2.C9H13N.C5H13N/c1-2-9-10-7-5-3-4-6-8(7)11-9;1-9(2,3)8-6-4-5-7-10-8;1-2-3-4-5-6/h3-6,9-11H,2H2,1H3;4-7H,1-3H3;2-6H2,1H3. The van der Waals surface area contributed by atoms with Gasteiger partial charge in [0, 0.05) is 17.3 Å². The summed E-state index contributed by atoms with van der Waals surface area (Å²) in [6.07, 6.45) is 7.12. The maximum absolute atomic E-state index is 5.21. The second kappa shape index (κ2) is 12.3. The number of aromatic nitrogens is 1. The molecule has 0 saturated carbocycles. The first kappa shape index (κ1) is 23.0. The summed E-state index contributed by atoms with van der Waals surface area (Å²) in [5, 5.41) is 6.75. The number of unbranched alkanes of at least 4 members (excludes halogenated alkanes) is 2. The fourth-order valence-electron chi connectivity index (χ4n) is 2.55. The maximum atomic E-state index is 5.21. The van der Waals surface area contributed by atoms with Gasteiger partial charge in [-0.1, -0.05) is 65.7 Å². The largest absolute Gasteiger partial charge is 0.364 e. The lowest BCUT2D eigenvalue weighted by Gasteiger charge is -2.16. The number of fused-ring (bicyclic) bond motifs is 1. The number of hydrogen-bond acceptors (Lipinski definition) is 4. The minimum atomic E-state index is 0.182. The molecule has 0 unspecified atom stereocenters. The maximum Gasteiger partial charge on any atom is 0.0962 e. The van der Waals surface area contributed by atoms with Crippen LogP contribution in [0.3, 0.4) is 0 Å². The molecule has 4 heteroatoms. The Bertz CT molecular complexity index is 591. The van der Waals surface area contributed by atoms with Crippen molar-refractivity contribution in [3.63, 3.8) is 0 Å². The number of nitrogens with zero attached hydrogens (tertiary/aromatic N) is 1. The van der Waals surface area contributed by atoms with E-state index in [4.69, 9.17) is 5.73 Å². The van der Waals surface area contributed by atoms with Crippen LogP contribution in [0.25, 0.3) is 0 Å². The zero-order valence-electron chi connectivity index (χ0n) is 17.8. The molecule has 0 amide bonds. The van der Waals surface area contributed by atoms with Crippen LogP contribution in [0.5, 0.6) is 0 Å². The van der Waals surface area contributed by atoms with E-state index in [-0.39, 0.29) is 5.41 Å². The van der Waals surface area contributed by atoms with E-state index in [2.05, 4.69) is 68.4 Å². The average molecular weight is 371 g/mol. The fourth-order valence-corrected chi connectivity index (χ4v) is 2.55. The van der Waals surface area contributed by atoms with Gasteiger partial charge in [0.15, 0.2) is 0 Å². The van der Waals surface area contributed by atoms with Gasteiger partial charge < -0.3 is 16.4 Å². The molecule has 2 aromatic rings. The quantitative estimate of drug-likeness (QED) is 0.597. The number of rotatable bonds is 4. The minimum Gasteiger partial charge on any atom is -0.364 e. The van der Waals surface area contributed by atoms with Crippen molar-refractivity contribution in [2.24, 2.45) is 5.73 Å². The van der Waals surface area contributed by atoms with Gasteiger partial charge in [0.1, 0.15) is 0 Å². The van der Waals surface area contributed by atoms with E-state index in [1.165, 1.54) is 30.6 Å². The van der Waals surface area contributed by atoms with E-state index < -0.39 is 0 Å². The van der Waals surface area contributed by atoms with Gasteiger partial charge in [-0.2, -0.15) is 0 Å². The summed E-state index contributed by atoms with van der Waals surface area (Å²) < 4.78 is 0. The summed E-state index contributed by atoms with van der Waals surface area (Å²) in [7, 11) is 0. The van der Waals surface area contributed by atoms with E-state index in [1.54, 1.807) is 0 Å². The molecule has 0 saturated heterocycles. The number of benzene rings is 1. The zero-order chi connectivity index (χ0) is 20.1. The third kappa shape index (κ3) is 8.91. The van der Waals surface area contributed by atoms with E-state index in [0.29, 0.717) is 6.17 Å². The Kier molecular flexibility index (Phi) is 10.5. The van der Waals surface area contributed by atoms with Gasteiger partial charge in [-0.05, 0) is 43.7 Å². The van der Waals surface area contributed by atoms with E-state index in [1.807, 2.05) is 30.5 Å². The number of anilines is 2. The molecule has 0 spiro atoms. The molecule has 0 fully saturated rings. The normalized spacial score (nSPS) is 12.5. The molecule has 27 heavy (non-hydrogen) atoms. The molecule has 3 rings (SSSR count). The molecule has 0 bridgehead atoms. The highest BCUT2D eigenvalue weighted by atomic mass is 15.2.